The molecular weight excluding hydrogens is 254 g/mol. The van der Waals surface area contributed by atoms with Crippen LogP contribution in [-0.2, 0) is 11.3 Å². The second-order valence-electron chi connectivity index (χ2n) is 3.67. The van der Waals surface area contributed by atoms with Gasteiger partial charge in [0.2, 0.25) is 5.91 Å². The zero-order chi connectivity index (χ0) is 11.4. The molecule has 3 heteroatoms. The van der Waals surface area contributed by atoms with Gasteiger partial charge in [0.15, 0.2) is 0 Å². The number of hydrogen-bond donors (Lipinski definition) is 1. The van der Waals surface area contributed by atoms with Crippen LogP contribution in [0.3, 0.4) is 0 Å². The fourth-order valence-corrected chi connectivity index (χ4v) is 1.69. The molecule has 1 aromatic carbocycles. The van der Waals surface area contributed by atoms with E-state index >= 15 is 0 Å². The predicted octanol–water partition coefficient (Wildman–Crippen LogP) is 3.09. The monoisotopic (exact) mass is 269 g/mol. The summed E-state index contributed by atoms with van der Waals surface area (Å²) in [6.45, 7) is 6.58. The number of halogens is 1. The minimum atomic E-state index is 0.0909. The molecule has 82 valence electrons. The molecule has 1 amide bonds. The summed E-state index contributed by atoms with van der Waals surface area (Å²) in [5, 5.41) is 2.87. The SMILES string of the molecule is CCC(=O)NCc1cc(C)c(Br)c(C)c1. The summed E-state index contributed by atoms with van der Waals surface area (Å²) in [6.07, 6.45) is 0.536. The molecule has 0 saturated carbocycles. The molecule has 1 aromatic rings. The molecule has 0 aliphatic rings. The fourth-order valence-electron chi connectivity index (χ4n) is 1.46. The number of nitrogens with one attached hydrogen (secondary N) is 1. The summed E-state index contributed by atoms with van der Waals surface area (Å²) in [5.41, 5.74) is 3.56. The highest BCUT2D eigenvalue weighted by molar-refractivity contribution is 9.10. The second kappa shape index (κ2) is 5.31. The number of carbonyl (C=O) groups is 1. The summed E-state index contributed by atoms with van der Waals surface area (Å²) in [5.74, 6) is 0.0909. The molecule has 0 spiro atoms. The van der Waals surface area contributed by atoms with Crippen molar-refractivity contribution in [1.82, 2.24) is 5.32 Å². The molecule has 1 N–H and O–H groups in total. The average Bonchev–Trinajstić information content (AvgIpc) is 2.22. The molecule has 1 rings (SSSR count). The van der Waals surface area contributed by atoms with Crippen molar-refractivity contribution in [2.24, 2.45) is 0 Å². The molecule has 0 aliphatic heterocycles. The molecule has 0 bridgehead atoms. The minimum Gasteiger partial charge on any atom is -0.352 e. The van der Waals surface area contributed by atoms with Gasteiger partial charge in [0.05, 0.1) is 0 Å². The summed E-state index contributed by atoms with van der Waals surface area (Å²) < 4.78 is 1.15. The van der Waals surface area contributed by atoms with Crippen LogP contribution in [-0.4, -0.2) is 5.91 Å². The molecule has 0 saturated heterocycles. The van der Waals surface area contributed by atoms with Gasteiger partial charge in [0.25, 0.3) is 0 Å². The lowest BCUT2D eigenvalue weighted by Crippen LogP contribution is -2.21. The first kappa shape index (κ1) is 12.2. The van der Waals surface area contributed by atoms with Gasteiger partial charge >= 0.3 is 0 Å². The van der Waals surface area contributed by atoms with Gasteiger partial charge in [0, 0.05) is 17.4 Å². The summed E-state index contributed by atoms with van der Waals surface area (Å²) >= 11 is 3.52. The van der Waals surface area contributed by atoms with Crippen molar-refractivity contribution < 1.29 is 4.79 Å². The van der Waals surface area contributed by atoms with Gasteiger partial charge in [0.1, 0.15) is 0 Å². The van der Waals surface area contributed by atoms with Crippen LogP contribution in [0.4, 0.5) is 0 Å². The van der Waals surface area contributed by atoms with Gasteiger partial charge in [-0.25, -0.2) is 0 Å². The lowest BCUT2D eigenvalue weighted by atomic mass is 10.1. The standard InChI is InChI=1S/C12H16BrNO/c1-4-11(15)14-7-10-5-8(2)12(13)9(3)6-10/h5-6H,4,7H2,1-3H3,(H,14,15). The Labute approximate surface area is 99.2 Å². The van der Waals surface area contributed by atoms with Crippen LogP contribution in [0.2, 0.25) is 0 Å². The third-order valence-corrected chi connectivity index (χ3v) is 3.56. The van der Waals surface area contributed by atoms with Gasteiger partial charge in [-0.15, -0.1) is 0 Å². The van der Waals surface area contributed by atoms with Crippen molar-refractivity contribution in [2.45, 2.75) is 33.7 Å². The van der Waals surface area contributed by atoms with Crippen LogP contribution in [0.5, 0.6) is 0 Å². The minimum absolute atomic E-state index is 0.0909. The average molecular weight is 270 g/mol. The van der Waals surface area contributed by atoms with Crippen molar-refractivity contribution in [3.63, 3.8) is 0 Å². The normalized spacial score (nSPS) is 10.1. The van der Waals surface area contributed by atoms with Crippen molar-refractivity contribution in [2.75, 3.05) is 0 Å². The Bertz CT molecular complexity index is 351. The first-order chi connectivity index (χ1) is 7.04. The summed E-state index contributed by atoms with van der Waals surface area (Å²) in [6, 6.07) is 4.18. The van der Waals surface area contributed by atoms with E-state index in [4.69, 9.17) is 0 Å². The third-order valence-electron chi connectivity index (χ3n) is 2.31. The van der Waals surface area contributed by atoms with Crippen LogP contribution < -0.4 is 5.32 Å². The zero-order valence-corrected chi connectivity index (χ0v) is 10.9. The molecule has 2 nitrogen and oxygen atoms in total. The largest absolute Gasteiger partial charge is 0.352 e. The Morgan fingerprint density at radius 1 is 1.33 bits per heavy atom. The van der Waals surface area contributed by atoms with Gasteiger partial charge in [-0.05, 0) is 30.5 Å². The lowest BCUT2D eigenvalue weighted by molar-refractivity contribution is -0.120. The molecule has 0 radical (unpaired) electrons. The topological polar surface area (TPSA) is 29.1 Å². The molecule has 0 aromatic heterocycles. The van der Waals surface area contributed by atoms with E-state index in [1.54, 1.807) is 0 Å². The Balaban J connectivity index is 2.75. The van der Waals surface area contributed by atoms with E-state index in [9.17, 15) is 4.79 Å². The molecule has 0 fully saturated rings. The van der Waals surface area contributed by atoms with Crippen LogP contribution in [0.15, 0.2) is 16.6 Å². The quantitative estimate of drug-likeness (QED) is 0.898. The van der Waals surface area contributed by atoms with Crippen LogP contribution in [0.25, 0.3) is 0 Å². The Kier molecular flexibility index (Phi) is 4.33. The van der Waals surface area contributed by atoms with Crippen LogP contribution in [0.1, 0.15) is 30.0 Å². The van der Waals surface area contributed by atoms with Crippen molar-refractivity contribution in [3.8, 4) is 0 Å². The van der Waals surface area contributed by atoms with Crippen LogP contribution >= 0.6 is 15.9 Å². The van der Waals surface area contributed by atoms with Crippen LogP contribution in [0, 0.1) is 13.8 Å². The molecule has 15 heavy (non-hydrogen) atoms. The zero-order valence-electron chi connectivity index (χ0n) is 9.36. The maximum absolute atomic E-state index is 11.1. The fraction of sp³-hybridized carbons (Fsp3) is 0.417. The maximum Gasteiger partial charge on any atom is 0.219 e. The Morgan fingerprint density at radius 2 is 1.87 bits per heavy atom. The first-order valence-electron chi connectivity index (χ1n) is 5.07. The van der Waals surface area contributed by atoms with Crippen molar-refractivity contribution in [3.05, 3.63) is 33.3 Å². The van der Waals surface area contributed by atoms with Gasteiger partial charge < -0.3 is 5.32 Å². The summed E-state index contributed by atoms with van der Waals surface area (Å²) in [7, 11) is 0. The van der Waals surface area contributed by atoms with Gasteiger partial charge in [-0.2, -0.15) is 0 Å². The van der Waals surface area contributed by atoms with Crippen molar-refractivity contribution in [1.29, 1.82) is 0 Å². The smallest absolute Gasteiger partial charge is 0.219 e. The highest BCUT2D eigenvalue weighted by atomic mass is 79.9. The third kappa shape index (κ3) is 3.34. The first-order valence-corrected chi connectivity index (χ1v) is 5.86. The molecule has 0 aliphatic carbocycles. The van der Waals surface area contributed by atoms with E-state index in [0.29, 0.717) is 13.0 Å². The Hall–Kier alpha value is -0.830. The van der Waals surface area contributed by atoms with E-state index in [1.807, 2.05) is 6.92 Å². The van der Waals surface area contributed by atoms with E-state index in [1.165, 1.54) is 11.1 Å². The number of benzene rings is 1. The van der Waals surface area contributed by atoms with E-state index in [2.05, 4.69) is 47.2 Å². The van der Waals surface area contributed by atoms with Crippen molar-refractivity contribution >= 4 is 21.8 Å². The summed E-state index contributed by atoms with van der Waals surface area (Å²) in [4.78, 5) is 11.1. The molecule has 0 heterocycles. The molecular formula is C12H16BrNO. The number of rotatable bonds is 3. The molecule has 0 unspecified atom stereocenters. The number of hydrogen-bond acceptors (Lipinski definition) is 1. The second-order valence-corrected chi connectivity index (χ2v) is 4.47. The number of amides is 1. The maximum atomic E-state index is 11.1. The van der Waals surface area contributed by atoms with E-state index in [0.717, 1.165) is 10.0 Å². The van der Waals surface area contributed by atoms with Gasteiger partial charge in [-0.3, -0.25) is 4.79 Å². The Morgan fingerprint density at radius 3 is 2.33 bits per heavy atom. The van der Waals surface area contributed by atoms with E-state index < -0.39 is 0 Å². The number of aryl methyl sites for hydroxylation is 2. The van der Waals surface area contributed by atoms with Gasteiger partial charge in [-0.1, -0.05) is 35.0 Å². The number of carbonyl (C=O) groups excluding carboxylic acids is 1. The highest BCUT2D eigenvalue weighted by Crippen LogP contribution is 2.22. The highest BCUT2D eigenvalue weighted by Gasteiger charge is 2.03. The van der Waals surface area contributed by atoms with E-state index in [-0.39, 0.29) is 5.91 Å². The predicted molar refractivity (Wildman–Crippen MR) is 65.8 cm³/mol. The molecule has 0 atom stereocenters. The lowest BCUT2D eigenvalue weighted by Gasteiger charge is -2.08.